The first-order chi connectivity index (χ1) is 10.3. The molecule has 1 aliphatic rings. The molecule has 0 bridgehead atoms. The summed E-state index contributed by atoms with van der Waals surface area (Å²) in [5, 5.41) is 10.3. The maximum atomic E-state index is 12.8. The van der Waals surface area contributed by atoms with Crippen LogP contribution in [0.25, 0.3) is 11.0 Å². The Morgan fingerprint density at radius 3 is 2.82 bits per heavy atom. The van der Waals surface area contributed by atoms with Crippen molar-refractivity contribution < 1.29 is 19.1 Å². The van der Waals surface area contributed by atoms with Gasteiger partial charge in [-0.1, -0.05) is 15.9 Å². The van der Waals surface area contributed by atoms with Crippen LogP contribution >= 0.6 is 15.9 Å². The van der Waals surface area contributed by atoms with Gasteiger partial charge in [-0.2, -0.15) is 0 Å². The van der Waals surface area contributed by atoms with Gasteiger partial charge in [-0.15, -0.1) is 0 Å². The van der Waals surface area contributed by atoms with E-state index >= 15 is 0 Å². The average molecular weight is 366 g/mol. The van der Waals surface area contributed by atoms with Gasteiger partial charge in [-0.3, -0.25) is 4.79 Å². The molecule has 2 aromatic rings. The second kappa shape index (κ2) is 5.12. The molecule has 1 unspecified atom stereocenters. The van der Waals surface area contributed by atoms with Crippen molar-refractivity contribution in [2.75, 3.05) is 6.54 Å². The van der Waals surface area contributed by atoms with Gasteiger partial charge >= 0.3 is 5.97 Å². The van der Waals surface area contributed by atoms with Crippen molar-refractivity contribution in [1.82, 2.24) is 4.90 Å². The molecule has 116 valence electrons. The number of rotatable bonds is 2. The van der Waals surface area contributed by atoms with E-state index in [0.717, 1.165) is 15.4 Å². The van der Waals surface area contributed by atoms with E-state index in [1.165, 1.54) is 4.90 Å². The van der Waals surface area contributed by atoms with Crippen LogP contribution in [0, 0.1) is 6.92 Å². The first-order valence-corrected chi connectivity index (χ1v) is 7.88. The maximum Gasteiger partial charge on any atom is 0.329 e. The average Bonchev–Trinajstić information content (AvgIpc) is 3.01. The van der Waals surface area contributed by atoms with Crippen LogP contribution in [-0.2, 0) is 4.79 Å². The third kappa shape index (κ3) is 2.13. The van der Waals surface area contributed by atoms with E-state index in [9.17, 15) is 14.7 Å². The molecule has 0 radical (unpaired) electrons. The second-order valence-corrected chi connectivity index (χ2v) is 6.75. The summed E-state index contributed by atoms with van der Waals surface area (Å²) in [4.78, 5) is 25.8. The van der Waals surface area contributed by atoms with Crippen LogP contribution in [0.1, 0.15) is 35.9 Å². The normalized spacial score (nSPS) is 21.5. The summed E-state index contributed by atoms with van der Waals surface area (Å²) in [7, 11) is 0. The number of amides is 1. The van der Waals surface area contributed by atoms with Crippen molar-refractivity contribution in [2.24, 2.45) is 0 Å². The minimum absolute atomic E-state index is 0.225. The standard InChI is InChI=1S/C16H16BrNO4/c1-9-11-8-10(17)4-5-12(11)22-13(9)14(19)18-7-3-6-16(18,2)15(20)21/h4-5,8H,3,6-7H2,1-2H3,(H,20,21). The van der Waals surface area contributed by atoms with Gasteiger partial charge in [0.25, 0.3) is 5.91 Å². The van der Waals surface area contributed by atoms with Gasteiger partial charge in [0.05, 0.1) is 0 Å². The van der Waals surface area contributed by atoms with Gasteiger partial charge in [0, 0.05) is 22.0 Å². The summed E-state index contributed by atoms with van der Waals surface area (Å²) in [6.45, 7) is 3.84. The summed E-state index contributed by atoms with van der Waals surface area (Å²) in [6, 6.07) is 5.53. The van der Waals surface area contributed by atoms with E-state index < -0.39 is 11.5 Å². The number of likely N-dealkylation sites (tertiary alicyclic amines) is 1. The molecular weight excluding hydrogens is 350 g/mol. The van der Waals surface area contributed by atoms with E-state index in [-0.39, 0.29) is 11.7 Å². The lowest BCUT2D eigenvalue weighted by atomic mass is 9.99. The predicted molar refractivity (Wildman–Crippen MR) is 85.0 cm³/mol. The summed E-state index contributed by atoms with van der Waals surface area (Å²) in [6.07, 6.45) is 1.14. The summed E-state index contributed by atoms with van der Waals surface area (Å²) >= 11 is 3.40. The number of aryl methyl sites for hydroxylation is 1. The van der Waals surface area contributed by atoms with Crippen LogP contribution in [0.5, 0.6) is 0 Å². The smallest absolute Gasteiger partial charge is 0.329 e. The molecule has 1 fully saturated rings. The predicted octanol–water partition coefficient (Wildman–Crippen LogP) is 3.58. The lowest BCUT2D eigenvalue weighted by molar-refractivity contribution is -0.147. The molecular formula is C16H16BrNO4. The van der Waals surface area contributed by atoms with Crippen LogP contribution in [0.15, 0.2) is 27.1 Å². The fourth-order valence-electron chi connectivity index (χ4n) is 3.03. The van der Waals surface area contributed by atoms with Gasteiger partial charge in [-0.05, 0) is 44.9 Å². The van der Waals surface area contributed by atoms with Crippen molar-refractivity contribution in [3.05, 3.63) is 34.0 Å². The number of carbonyl (C=O) groups excluding carboxylic acids is 1. The van der Waals surface area contributed by atoms with Gasteiger partial charge in [-0.25, -0.2) is 4.79 Å². The molecule has 0 aliphatic carbocycles. The summed E-state index contributed by atoms with van der Waals surface area (Å²) in [5.41, 5.74) is 0.199. The number of carbonyl (C=O) groups is 2. The van der Waals surface area contributed by atoms with Crippen LogP contribution in [0.2, 0.25) is 0 Å². The zero-order valence-electron chi connectivity index (χ0n) is 12.4. The maximum absolute atomic E-state index is 12.8. The molecule has 1 N–H and O–H groups in total. The van der Waals surface area contributed by atoms with Crippen molar-refractivity contribution >= 4 is 38.8 Å². The van der Waals surface area contributed by atoms with Crippen molar-refractivity contribution in [3.63, 3.8) is 0 Å². The fourth-order valence-corrected chi connectivity index (χ4v) is 3.39. The highest BCUT2D eigenvalue weighted by Crippen LogP contribution is 2.34. The number of fused-ring (bicyclic) bond motifs is 1. The van der Waals surface area contributed by atoms with E-state index in [1.54, 1.807) is 13.0 Å². The van der Waals surface area contributed by atoms with Crippen LogP contribution in [0.4, 0.5) is 0 Å². The monoisotopic (exact) mass is 365 g/mol. The van der Waals surface area contributed by atoms with Crippen molar-refractivity contribution in [2.45, 2.75) is 32.2 Å². The minimum atomic E-state index is -1.16. The Kier molecular flexibility index (Phi) is 3.51. The Hall–Kier alpha value is -1.82. The quantitative estimate of drug-likeness (QED) is 0.882. The number of halogens is 1. The molecule has 1 aromatic heterocycles. The Bertz CT molecular complexity index is 782. The molecule has 5 nitrogen and oxygen atoms in total. The van der Waals surface area contributed by atoms with Gasteiger partial charge < -0.3 is 14.4 Å². The Morgan fingerprint density at radius 1 is 1.41 bits per heavy atom. The molecule has 22 heavy (non-hydrogen) atoms. The van der Waals surface area contributed by atoms with E-state index in [4.69, 9.17) is 4.42 Å². The molecule has 1 aromatic carbocycles. The molecule has 1 atom stereocenters. The highest BCUT2D eigenvalue weighted by atomic mass is 79.9. The number of nitrogens with zero attached hydrogens (tertiary/aromatic N) is 1. The second-order valence-electron chi connectivity index (χ2n) is 5.84. The Balaban J connectivity index is 2.06. The first-order valence-electron chi connectivity index (χ1n) is 7.08. The Morgan fingerprint density at radius 2 is 2.14 bits per heavy atom. The number of carboxylic acid groups (broad SMARTS) is 1. The number of furan rings is 1. The Labute approximate surface area is 136 Å². The lowest BCUT2D eigenvalue weighted by Crippen LogP contribution is -2.50. The highest BCUT2D eigenvalue weighted by molar-refractivity contribution is 9.10. The number of hydrogen-bond donors (Lipinski definition) is 1. The van der Waals surface area contributed by atoms with Gasteiger partial charge in [0.1, 0.15) is 11.1 Å². The zero-order chi connectivity index (χ0) is 16.1. The van der Waals surface area contributed by atoms with E-state index in [2.05, 4.69) is 15.9 Å². The van der Waals surface area contributed by atoms with Crippen LogP contribution < -0.4 is 0 Å². The minimum Gasteiger partial charge on any atom is -0.480 e. The first kappa shape index (κ1) is 15.1. The fraction of sp³-hybridized carbons (Fsp3) is 0.375. The molecule has 1 saturated heterocycles. The van der Waals surface area contributed by atoms with Crippen molar-refractivity contribution in [3.8, 4) is 0 Å². The van der Waals surface area contributed by atoms with Gasteiger partial charge in [0.2, 0.25) is 0 Å². The topological polar surface area (TPSA) is 70.8 Å². The number of aliphatic carboxylic acids is 1. The number of benzene rings is 1. The van der Waals surface area contributed by atoms with Crippen LogP contribution in [-0.4, -0.2) is 34.0 Å². The van der Waals surface area contributed by atoms with Crippen LogP contribution in [0.3, 0.4) is 0 Å². The molecule has 0 spiro atoms. The zero-order valence-corrected chi connectivity index (χ0v) is 13.9. The molecule has 6 heteroatoms. The van der Waals surface area contributed by atoms with Gasteiger partial charge in [0.15, 0.2) is 5.76 Å². The molecule has 0 saturated carbocycles. The largest absolute Gasteiger partial charge is 0.480 e. The third-order valence-electron chi connectivity index (χ3n) is 4.44. The summed E-state index contributed by atoms with van der Waals surface area (Å²) in [5.74, 6) is -1.11. The van der Waals surface area contributed by atoms with Crippen molar-refractivity contribution in [1.29, 1.82) is 0 Å². The SMILES string of the molecule is Cc1c(C(=O)N2CCCC2(C)C(=O)O)oc2ccc(Br)cc12. The molecule has 1 aliphatic heterocycles. The number of hydrogen-bond acceptors (Lipinski definition) is 3. The summed E-state index contributed by atoms with van der Waals surface area (Å²) < 4.78 is 6.60. The third-order valence-corrected chi connectivity index (χ3v) is 4.93. The molecule has 3 rings (SSSR count). The van der Waals surface area contributed by atoms with E-state index in [1.807, 2.05) is 19.1 Å². The lowest BCUT2D eigenvalue weighted by Gasteiger charge is -2.30. The highest BCUT2D eigenvalue weighted by Gasteiger charge is 2.47. The van der Waals surface area contributed by atoms with E-state index in [0.29, 0.717) is 25.0 Å². The molecule has 2 heterocycles. The number of carboxylic acids is 1. The molecule has 1 amide bonds.